The Morgan fingerprint density at radius 1 is 1.09 bits per heavy atom. The van der Waals surface area contributed by atoms with Crippen molar-refractivity contribution in [2.45, 2.75) is 20.0 Å². The highest BCUT2D eigenvalue weighted by atomic mass is 32.1. The first kappa shape index (κ1) is 23.5. The van der Waals surface area contributed by atoms with Gasteiger partial charge in [0.25, 0.3) is 11.8 Å². The Kier molecular flexibility index (Phi) is 7.29. The van der Waals surface area contributed by atoms with Crippen molar-refractivity contribution in [3.63, 3.8) is 0 Å². The van der Waals surface area contributed by atoms with Crippen molar-refractivity contribution in [1.29, 1.82) is 0 Å². The maximum absolute atomic E-state index is 12.6. The van der Waals surface area contributed by atoms with Crippen LogP contribution in [0.25, 0.3) is 0 Å². The molecule has 178 valence electrons. The van der Waals surface area contributed by atoms with Crippen molar-refractivity contribution >= 4 is 45.5 Å². The standard InChI is InChI=1S/C24H25N3O6S/c1-15-14-20(26-23(29)19-4-3-11-32-19)34-21(15)24(30)33-16(2)22(28)25-17-5-7-18(8-6-17)27-9-12-31-13-10-27/h3-8,11,14,16H,9-10,12-13H2,1-2H3,(H,25,28)(H,26,29). The van der Waals surface area contributed by atoms with Crippen LogP contribution in [0.15, 0.2) is 53.1 Å². The minimum absolute atomic E-state index is 0.165. The van der Waals surface area contributed by atoms with Gasteiger partial charge in [-0.3, -0.25) is 9.59 Å². The molecule has 2 N–H and O–H groups in total. The highest BCUT2D eigenvalue weighted by Gasteiger charge is 2.23. The Balaban J connectivity index is 1.32. The zero-order valence-electron chi connectivity index (χ0n) is 18.8. The van der Waals surface area contributed by atoms with Gasteiger partial charge in [0, 0.05) is 24.5 Å². The molecule has 9 nitrogen and oxygen atoms in total. The molecule has 34 heavy (non-hydrogen) atoms. The Labute approximate surface area is 200 Å². The Hall–Kier alpha value is -3.63. The second kappa shape index (κ2) is 10.5. The molecular formula is C24H25N3O6S. The lowest BCUT2D eigenvalue weighted by Crippen LogP contribution is -2.36. The summed E-state index contributed by atoms with van der Waals surface area (Å²) in [5.74, 6) is -1.32. The smallest absolute Gasteiger partial charge is 0.349 e. The highest BCUT2D eigenvalue weighted by Crippen LogP contribution is 2.28. The largest absolute Gasteiger partial charge is 0.459 e. The monoisotopic (exact) mass is 483 g/mol. The highest BCUT2D eigenvalue weighted by molar-refractivity contribution is 7.18. The molecule has 0 saturated carbocycles. The van der Waals surface area contributed by atoms with Crippen LogP contribution in [0.2, 0.25) is 0 Å². The number of hydrogen-bond donors (Lipinski definition) is 2. The lowest BCUT2D eigenvalue weighted by molar-refractivity contribution is -0.123. The average Bonchev–Trinajstić information content (AvgIpc) is 3.50. The maximum atomic E-state index is 12.6. The van der Waals surface area contributed by atoms with Crippen LogP contribution in [0.5, 0.6) is 0 Å². The number of nitrogens with zero attached hydrogens (tertiary/aromatic N) is 1. The number of esters is 1. The van der Waals surface area contributed by atoms with E-state index < -0.39 is 23.9 Å². The minimum atomic E-state index is -1.01. The molecule has 1 aromatic carbocycles. The molecule has 0 radical (unpaired) electrons. The molecule has 1 aliphatic rings. The molecule has 2 amide bonds. The molecule has 1 unspecified atom stereocenters. The molecule has 1 fully saturated rings. The van der Waals surface area contributed by atoms with Crippen LogP contribution in [0, 0.1) is 6.92 Å². The second-order valence-electron chi connectivity index (χ2n) is 7.74. The number of ether oxygens (including phenoxy) is 2. The second-order valence-corrected chi connectivity index (χ2v) is 8.79. The lowest BCUT2D eigenvalue weighted by atomic mass is 10.2. The van der Waals surface area contributed by atoms with E-state index in [9.17, 15) is 14.4 Å². The number of anilines is 3. The van der Waals surface area contributed by atoms with E-state index in [0.29, 0.717) is 34.3 Å². The third-order valence-electron chi connectivity index (χ3n) is 5.25. The number of amides is 2. The first-order chi connectivity index (χ1) is 16.4. The molecule has 1 saturated heterocycles. The SMILES string of the molecule is Cc1cc(NC(=O)c2ccco2)sc1C(=O)OC(C)C(=O)Nc1ccc(N2CCOCC2)cc1. The maximum Gasteiger partial charge on any atom is 0.349 e. The number of aryl methyl sites for hydroxylation is 1. The van der Waals surface area contributed by atoms with E-state index in [-0.39, 0.29) is 5.76 Å². The summed E-state index contributed by atoms with van der Waals surface area (Å²) in [6.07, 6.45) is 0.400. The van der Waals surface area contributed by atoms with Gasteiger partial charge in [-0.25, -0.2) is 4.79 Å². The summed E-state index contributed by atoms with van der Waals surface area (Å²) in [5.41, 5.74) is 2.31. The van der Waals surface area contributed by atoms with Crippen molar-refractivity contribution in [3.05, 3.63) is 64.9 Å². The third-order valence-corrected chi connectivity index (χ3v) is 6.38. The van der Waals surface area contributed by atoms with E-state index in [1.54, 1.807) is 25.1 Å². The zero-order valence-corrected chi connectivity index (χ0v) is 19.6. The molecule has 4 rings (SSSR count). The van der Waals surface area contributed by atoms with Crippen LogP contribution in [-0.4, -0.2) is 50.2 Å². The Bertz CT molecular complexity index is 1150. The number of rotatable bonds is 7. The Morgan fingerprint density at radius 2 is 1.82 bits per heavy atom. The van der Waals surface area contributed by atoms with Crippen LogP contribution in [-0.2, 0) is 14.3 Å². The summed E-state index contributed by atoms with van der Waals surface area (Å²) in [6, 6.07) is 12.3. The van der Waals surface area contributed by atoms with Crippen LogP contribution < -0.4 is 15.5 Å². The lowest BCUT2D eigenvalue weighted by Gasteiger charge is -2.28. The van der Waals surface area contributed by atoms with E-state index >= 15 is 0 Å². The molecule has 0 spiro atoms. The predicted octanol–water partition coefficient (Wildman–Crippen LogP) is 3.92. The fourth-order valence-electron chi connectivity index (χ4n) is 3.42. The van der Waals surface area contributed by atoms with Crippen molar-refractivity contribution in [1.82, 2.24) is 0 Å². The number of carbonyl (C=O) groups is 3. The first-order valence-corrected chi connectivity index (χ1v) is 11.6. The van der Waals surface area contributed by atoms with E-state index in [4.69, 9.17) is 13.9 Å². The Morgan fingerprint density at radius 3 is 2.50 bits per heavy atom. The molecule has 0 aliphatic carbocycles. The van der Waals surface area contributed by atoms with E-state index in [0.717, 1.165) is 30.1 Å². The quantitative estimate of drug-likeness (QED) is 0.490. The summed E-state index contributed by atoms with van der Waals surface area (Å²) in [5, 5.41) is 5.93. The normalized spacial score (nSPS) is 14.4. The summed E-state index contributed by atoms with van der Waals surface area (Å²) in [7, 11) is 0. The van der Waals surface area contributed by atoms with Crippen molar-refractivity contribution in [2.24, 2.45) is 0 Å². The molecule has 3 aromatic rings. The van der Waals surface area contributed by atoms with Crippen LogP contribution in [0.1, 0.15) is 32.7 Å². The van der Waals surface area contributed by atoms with Gasteiger partial charge < -0.3 is 29.4 Å². The van der Waals surface area contributed by atoms with Gasteiger partial charge in [0.15, 0.2) is 11.9 Å². The number of carbonyl (C=O) groups excluding carboxylic acids is 3. The van der Waals surface area contributed by atoms with Gasteiger partial charge in [0.05, 0.1) is 24.5 Å². The number of hydrogen-bond acceptors (Lipinski definition) is 8. The molecular weight excluding hydrogens is 458 g/mol. The summed E-state index contributed by atoms with van der Waals surface area (Å²) >= 11 is 1.07. The molecule has 0 bridgehead atoms. The van der Waals surface area contributed by atoms with Gasteiger partial charge >= 0.3 is 5.97 Å². The van der Waals surface area contributed by atoms with Gasteiger partial charge in [-0.1, -0.05) is 0 Å². The molecule has 1 atom stereocenters. The van der Waals surface area contributed by atoms with Crippen LogP contribution in [0.3, 0.4) is 0 Å². The van der Waals surface area contributed by atoms with Gasteiger partial charge in [-0.05, 0) is 61.9 Å². The minimum Gasteiger partial charge on any atom is -0.459 e. The molecule has 3 heterocycles. The van der Waals surface area contributed by atoms with E-state index in [1.807, 2.05) is 24.3 Å². The third kappa shape index (κ3) is 5.64. The van der Waals surface area contributed by atoms with Gasteiger partial charge in [-0.2, -0.15) is 0 Å². The summed E-state index contributed by atoms with van der Waals surface area (Å²) < 4.78 is 15.8. The number of nitrogens with one attached hydrogen (secondary N) is 2. The molecule has 2 aromatic heterocycles. The van der Waals surface area contributed by atoms with Gasteiger partial charge in [-0.15, -0.1) is 11.3 Å². The van der Waals surface area contributed by atoms with E-state index in [2.05, 4.69) is 15.5 Å². The number of morpholine rings is 1. The fourth-order valence-corrected chi connectivity index (χ4v) is 4.37. The number of benzene rings is 1. The molecule has 1 aliphatic heterocycles. The first-order valence-electron chi connectivity index (χ1n) is 10.8. The van der Waals surface area contributed by atoms with Gasteiger partial charge in [0.2, 0.25) is 0 Å². The van der Waals surface area contributed by atoms with Gasteiger partial charge in [0.1, 0.15) is 4.88 Å². The summed E-state index contributed by atoms with van der Waals surface area (Å²) in [4.78, 5) is 39.9. The topological polar surface area (TPSA) is 110 Å². The fraction of sp³-hybridized carbons (Fsp3) is 0.292. The van der Waals surface area contributed by atoms with Crippen LogP contribution in [0.4, 0.5) is 16.4 Å². The van der Waals surface area contributed by atoms with E-state index in [1.165, 1.54) is 13.2 Å². The van der Waals surface area contributed by atoms with Crippen molar-refractivity contribution in [2.75, 3.05) is 41.8 Å². The zero-order chi connectivity index (χ0) is 24.1. The number of thiophene rings is 1. The summed E-state index contributed by atoms with van der Waals surface area (Å²) in [6.45, 7) is 6.30. The number of furan rings is 1. The van der Waals surface area contributed by atoms with Crippen molar-refractivity contribution in [3.8, 4) is 0 Å². The predicted molar refractivity (Wildman–Crippen MR) is 129 cm³/mol. The average molecular weight is 484 g/mol. The van der Waals surface area contributed by atoms with Crippen LogP contribution >= 0.6 is 11.3 Å². The molecule has 10 heteroatoms. The van der Waals surface area contributed by atoms with Crippen molar-refractivity contribution < 1.29 is 28.3 Å².